The molecule has 0 aromatic heterocycles. The highest BCUT2D eigenvalue weighted by Crippen LogP contribution is 2.37. The quantitative estimate of drug-likeness (QED) is 0.629. The van der Waals surface area contributed by atoms with Crippen molar-refractivity contribution in [1.29, 1.82) is 0 Å². The zero-order valence-corrected chi connectivity index (χ0v) is 15.6. The standard InChI is InChI=1S/C24H28O2/c1-2-6-17-9-11-19(12-10-17)23-16-21-14-13-20(15-22(21)24(25)26-23)18-7-4-3-5-8-18/h3-5,7-8,13-15,17,19,23H,2,6,9-12,16H2,1H3. The molecule has 4 rings (SSSR count). The third-order valence-corrected chi connectivity index (χ3v) is 6.23. The summed E-state index contributed by atoms with van der Waals surface area (Å²) in [6.45, 7) is 2.27. The Hall–Kier alpha value is -2.09. The molecule has 1 heterocycles. The van der Waals surface area contributed by atoms with Crippen molar-refractivity contribution >= 4 is 5.97 Å². The molecule has 26 heavy (non-hydrogen) atoms. The Morgan fingerprint density at radius 1 is 0.962 bits per heavy atom. The molecule has 1 atom stereocenters. The summed E-state index contributed by atoms with van der Waals surface area (Å²) in [5, 5.41) is 0. The first-order valence-electron chi connectivity index (χ1n) is 10.1. The summed E-state index contributed by atoms with van der Waals surface area (Å²) in [5.41, 5.74) is 4.13. The van der Waals surface area contributed by atoms with Crippen LogP contribution in [0.5, 0.6) is 0 Å². The lowest BCUT2D eigenvalue weighted by Crippen LogP contribution is -2.36. The van der Waals surface area contributed by atoms with E-state index in [-0.39, 0.29) is 12.1 Å². The number of ether oxygens (including phenoxy) is 1. The van der Waals surface area contributed by atoms with Gasteiger partial charge >= 0.3 is 5.97 Å². The monoisotopic (exact) mass is 348 g/mol. The number of benzene rings is 2. The fraction of sp³-hybridized carbons (Fsp3) is 0.458. The van der Waals surface area contributed by atoms with Gasteiger partial charge in [-0.1, -0.05) is 75.1 Å². The summed E-state index contributed by atoms with van der Waals surface area (Å²) in [6.07, 6.45) is 8.59. The second-order valence-electron chi connectivity index (χ2n) is 7.96. The van der Waals surface area contributed by atoms with Gasteiger partial charge in [0.2, 0.25) is 0 Å². The summed E-state index contributed by atoms with van der Waals surface area (Å²) in [6, 6.07) is 16.5. The number of rotatable bonds is 4. The molecular formula is C24H28O2. The van der Waals surface area contributed by atoms with Crippen LogP contribution in [0.1, 0.15) is 61.4 Å². The van der Waals surface area contributed by atoms with Crippen molar-refractivity contribution in [1.82, 2.24) is 0 Å². The highest BCUT2D eigenvalue weighted by molar-refractivity contribution is 5.93. The van der Waals surface area contributed by atoms with E-state index in [0.29, 0.717) is 5.92 Å². The predicted octanol–water partition coefficient (Wildman–Crippen LogP) is 6.04. The molecular weight excluding hydrogens is 320 g/mol. The van der Waals surface area contributed by atoms with Crippen LogP contribution in [0.3, 0.4) is 0 Å². The van der Waals surface area contributed by atoms with Crippen LogP contribution >= 0.6 is 0 Å². The van der Waals surface area contributed by atoms with Crippen LogP contribution in [0.4, 0.5) is 0 Å². The van der Waals surface area contributed by atoms with Gasteiger partial charge in [0.1, 0.15) is 6.10 Å². The van der Waals surface area contributed by atoms with E-state index in [1.165, 1.54) is 38.5 Å². The molecule has 1 aliphatic heterocycles. The fourth-order valence-corrected chi connectivity index (χ4v) is 4.73. The lowest BCUT2D eigenvalue weighted by molar-refractivity contribution is -0.000253. The summed E-state index contributed by atoms with van der Waals surface area (Å²) >= 11 is 0. The van der Waals surface area contributed by atoms with Gasteiger partial charge in [-0.15, -0.1) is 0 Å². The summed E-state index contributed by atoms with van der Waals surface area (Å²) in [5.74, 6) is 1.29. The zero-order valence-electron chi connectivity index (χ0n) is 15.6. The van der Waals surface area contributed by atoms with E-state index in [9.17, 15) is 4.79 Å². The molecule has 1 unspecified atom stereocenters. The van der Waals surface area contributed by atoms with Gasteiger partial charge in [-0.25, -0.2) is 4.79 Å². The van der Waals surface area contributed by atoms with E-state index in [1.807, 2.05) is 24.3 Å². The molecule has 0 radical (unpaired) electrons. The zero-order chi connectivity index (χ0) is 17.9. The van der Waals surface area contributed by atoms with Crippen molar-refractivity contribution in [3.05, 3.63) is 59.7 Å². The van der Waals surface area contributed by atoms with Crippen molar-refractivity contribution in [3.63, 3.8) is 0 Å². The maximum atomic E-state index is 12.7. The second kappa shape index (κ2) is 7.65. The van der Waals surface area contributed by atoms with Gasteiger partial charge in [0.05, 0.1) is 5.56 Å². The molecule has 2 heteroatoms. The van der Waals surface area contributed by atoms with Crippen molar-refractivity contribution in [3.8, 4) is 11.1 Å². The topological polar surface area (TPSA) is 26.3 Å². The molecule has 2 aromatic carbocycles. The minimum absolute atomic E-state index is 0.0696. The predicted molar refractivity (Wildman–Crippen MR) is 105 cm³/mol. The van der Waals surface area contributed by atoms with Gasteiger partial charge in [-0.3, -0.25) is 0 Å². The SMILES string of the molecule is CCCC1CCC(C2Cc3ccc(-c4ccccc4)cc3C(=O)O2)CC1. The van der Waals surface area contributed by atoms with Crippen LogP contribution in [0, 0.1) is 11.8 Å². The lowest BCUT2D eigenvalue weighted by Gasteiger charge is -2.36. The normalized spacial score (nSPS) is 25.4. The Morgan fingerprint density at radius 2 is 1.73 bits per heavy atom. The Bertz CT molecular complexity index is 757. The molecule has 2 aromatic rings. The molecule has 0 N–H and O–H groups in total. The number of cyclic esters (lactones) is 1. The maximum absolute atomic E-state index is 12.7. The Balaban J connectivity index is 1.48. The van der Waals surface area contributed by atoms with Gasteiger partial charge in [-0.05, 0) is 47.4 Å². The number of carbonyl (C=O) groups excluding carboxylic acids is 1. The number of hydrogen-bond donors (Lipinski definition) is 0. The molecule has 1 saturated carbocycles. The van der Waals surface area contributed by atoms with Crippen molar-refractivity contribution in [2.24, 2.45) is 11.8 Å². The van der Waals surface area contributed by atoms with E-state index in [2.05, 4.69) is 31.2 Å². The molecule has 136 valence electrons. The van der Waals surface area contributed by atoms with E-state index < -0.39 is 0 Å². The van der Waals surface area contributed by atoms with Crippen LogP contribution in [-0.4, -0.2) is 12.1 Å². The molecule has 0 saturated heterocycles. The van der Waals surface area contributed by atoms with E-state index in [4.69, 9.17) is 4.74 Å². The first kappa shape index (κ1) is 17.3. The third-order valence-electron chi connectivity index (χ3n) is 6.23. The Kier molecular flexibility index (Phi) is 5.10. The van der Waals surface area contributed by atoms with Crippen molar-refractivity contribution < 1.29 is 9.53 Å². The number of esters is 1. The summed E-state index contributed by atoms with van der Waals surface area (Å²) < 4.78 is 5.90. The van der Waals surface area contributed by atoms with Crippen LogP contribution in [0.2, 0.25) is 0 Å². The molecule has 0 spiro atoms. The number of fused-ring (bicyclic) bond motifs is 1. The highest BCUT2D eigenvalue weighted by Gasteiger charge is 2.34. The number of hydrogen-bond acceptors (Lipinski definition) is 2. The smallest absolute Gasteiger partial charge is 0.338 e. The van der Waals surface area contributed by atoms with Gasteiger partial charge in [0.15, 0.2) is 0 Å². The highest BCUT2D eigenvalue weighted by atomic mass is 16.5. The lowest BCUT2D eigenvalue weighted by atomic mass is 9.76. The average molecular weight is 348 g/mol. The minimum atomic E-state index is -0.135. The van der Waals surface area contributed by atoms with Gasteiger partial charge in [-0.2, -0.15) is 0 Å². The van der Waals surface area contributed by atoms with E-state index >= 15 is 0 Å². The van der Waals surface area contributed by atoms with Crippen LogP contribution in [0.25, 0.3) is 11.1 Å². The molecule has 0 bridgehead atoms. The molecule has 0 amide bonds. The molecule has 2 nitrogen and oxygen atoms in total. The van der Waals surface area contributed by atoms with Crippen LogP contribution < -0.4 is 0 Å². The minimum Gasteiger partial charge on any atom is -0.458 e. The van der Waals surface area contributed by atoms with E-state index in [0.717, 1.165) is 34.6 Å². The number of carbonyl (C=O) groups is 1. The van der Waals surface area contributed by atoms with Crippen molar-refractivity contribution in [2.45, 2.75) is 58.0 Å². The largest absolute Gasteiger partial charge is 0.458 e. The third kappa shape index (κ3) is 3.56. The molecule has 2 aliphatic rings. The average Bonchev–Trinajstić information content (AvgIpc) is 2.69. The van der Waals surface area contributed by atoms with Crippen LogP contribution in [-0.2, 0) is 11.2 Å². The van der Waals surface area contributed by atoms with Gasteiger partial charge in [0.25, 0.3) is 0 Å². The molecule has 1 fully saturated rings. The molecule has 1 aliphatic carbocycles. The summed E-state index contributed by atoms with van der Waals surface area (Å²) in [4.78, 5) is 12.7. The second-order valence-corrected chi connectivity index (χ2v) is 7.96. The maximum Gasteiger partial charge on any atom is 0.338 e. The van der Waals surface area contributed by atoms with E-state index in [1.54, 1.807) is 0 Å². The first-order chi connectivity index (χ1) is 12.7. The first-order valence-corrected chi connectivity index (χ1v) is 10.1. The van der Waals surface area contributed by atoms with Gasteiger partial charge < -0.3 is 4.74 Å². The van der Waals surface area contributed by atoms with Gasteiger partial charge in [0, 0.05) is 6.42 Å². The fourth-order valence-electron chi connectivity index (χ4n) is 4.73. The Morgan fingerprint density at radius 3 is 2.46 bits per heavy atom. The van der Waals surface area contributed by atoms with Crippen molar-refractivity contribution in [2.75, 3.05) is 0 Å². The summed E-state index contributed by atoms with van der Waals surface area (Å²) in [7, 11) is 0. The Labute approximate surface area is 156 Å². The van der Waals surface area contributed by atoms with Crippen LogP contribution in [0.15, 0.2) is 48.5 Å².